The van der Waals surface area contributed by atoms with E-state index in [1.807, 2.05) is 55.6 Å². The van der Waals surface area contributed by atoms with Gasteiger partial charge >= 0.3 is 5.97 Å². The molecule has 4 aromatic rings. The molecule has 1 aliphatic rings. The van der Waals surface area contributed by atoms with Crippen molar-refractivity contribution in [3.8, 4) is 11.1 Å². The van der Waals surface area contributed by atoms with Crippen LogP contribution in [0.2, 0.25) is 0 Å². The molecule has 2 atom stereocenters. The second kappa shape index (κ2) is 9.10. The zero-order valence-corrected chi connectivity index (χ0v) is 19.0. The van der Waals surface area contributed by atoms with Crippen molar-refractivity contribution in [3.63, 3.8) is 0 Å². The summed E-state index contributed by atoms with van der Waals surface area (Å²) in [5.74, 6) is -0.511. The number of carboxylic acids is 1. The minimum atomic E-state index is -0.919. The lowest BCUT2D eigenvalue weighted by Crippen LogP contribution is -2.25. The Bertz CT molecular complexity index is 1380. The van der Waals surface area contributed by atoms with Gasteiger partial charge in [-0.3, -0.25) is 9.78 Å². The first-order valence-corrected chi connectivity index (χ1v) is 11.6. The number of carboxylic acid groups (broad SMARTS) is 1. The molecule has 1 aliphatic carbocycles. The Morgan fingerprint density at radius 3 is 2.56 bits per heavy atom. The largest absolute Gasteiger partial charge is 0.478 e. The lowest BCUT2D eigenvalue weighted by Gasteiger charge is -2.16. The number of aromatic carboxylic acids is 1. The Morgan fingerprint density at radius 2 is 1.79 bits per heavy atom. The van der Waals surface area contributed by atoms with Gasteiger partial charge in [-0.2, -0.15) is 0 Å². The van der Waals surface area contributed by atoms with E-state index < -0.39 is 5.97 Å². The van der Waals surface area contributed by atoms with Gasteiger partial charge in [0, 0.05) is 30.2 Å². The summed E-state index contributed by atoms with van der Waals surface area (Å²) < 4.78 is 0. The van der Waals surface area contributed by atoms with Crippen molar-refractivity contribution in [1.82, 2.24) is 10.3 Å². The topological polar surface area (TPSA) is 79.3 Å². The summed E-state index contributed by atoms with van der Waals surface area (Å²) in [6, 6.07) is 21.6. The summed E-state index contributed by atoms with van der Waals surface area (Å²) in [7, 11) is 0. The van der Waals surface area contributed by atoms with Crippen molar-refractivity contribution in [1.29, 1.82) is 0 Å². The number of carbonyl (C=O) groups is 2. The molecule has 0 saturated heterocycles. The molecule has 0 bridgehead atoms. The van der Waals surface area contributed by atoms with Gasteiger partial charge in [0.25, 0.3) is 0 Å². The Hall–Kier alpha value is -3.99. The maximum Gasteiger partial charge on any atom is 0.335 e. The van der Waals surface area contributed by atoms with Crippen LogP contribution in [0.1, 0.15) is 46.3 Å². The van der Waals surface area contributed by atoms with Gasteiger partial charge in [-0.05, 0) is 64.1 Å². The number of amides is 1. The van der Waals surface area contributed by atoms with Crippen LogP contribution in [-0.2, 0) is 17.8 Å². The smallest absolute Gasteiger partial charge is 0.335 e. The monoisotopic (exact) mass is 450 g/mol. The van der Waals surface area contributed by atoms with Crippen LogP contribution in [0.25, 0.3) is 21.9 Å². The van der Waals surface area contributed by atoms with E-state index >= 15 is 0 Å². The SMILES string of the molecule is CCc1c(C(=O)O)cccc1-c1ccc(CNC(=O)C2CC2c2ccccc2)c2cnccc12. The second-order valence-corrected chi connectivity index (χ2v) is 8.76. The first-order valence-electron chi connectivity index (χ1n) is 11.6. The number of pyridine rings is 1. The average molecular weight is 451 g/mol. The van der Waals surface area contributed by atoms with Crippen LogP contribution in [0.15, 0.2) is 79.1 Å². The summed E-state index contributed by atoms with van der Waals surface area (Å²) >= 11 is 0. The summed E-state index contributed by atoms with van der Waals surface area (Å²) in [5.41, 5.74) is 5.24. The molecule has 170 valence electrons. The molecular weight excluding hydrogens is 424 g/mol. The molecule has 0 radical (unpaired) electrons. The Balaban J connectivity index is 1.41. The van der Waals surface area contributed by atoms with Gasteiger partial charge in [0.1, 0.15) is 0 Å². The fourth-order valence-corrected chi connectivity index (χ4v) is 4.92. The van der Waals surface area contributed by atoms with Crippen molar-refractivity contribution in [3.05, 3.63) is 101 Å². The highest BCUT2D eigenvalue weighted by molar-refractivity contribution is 6.01. The fourth-order valence-electron chi connectivity index (χ4n) is 4.92. The standard InChI is InChI=1S/C29H26N2O3/c1-2-20-21(9-6-10-24(20)29(33)34)22-12-11-19(27-17-30-14-13-23(22)27)16-31-28(32)26-15-25(26)18-7-4-3-5-8-18/h3-14,17,25-26H,2,15-16H2,1H3,(H,31,32)(H,33,34). The first kappa shape index (κ1) is 21.8. The van der Waals surface area contributed by atoms with Gasteiger partial charge in [-0.1, -0.05) is 61.5 Å². The van der Waals surface area contributed by atoms with Crippen molar-refractivity contribution in [2.24, 2.45) is 5.92 Å². The van der Waals surface area contributed by atoms with Gasteiger partial charge in [-0.15, -0.1) is 0 Å². The molecule has 1 amide bonds. The second-order valence-electron chi connectivity index (χ2n) is 8.76. The molecule has 0 spiro atoms. The van der Waals surface area contributed by atoms with E-state index in [4.69, 9.17) is 0 Å². The minimum absolute atomic E-state index is 0.0249. The molecule has 3 aromatic carbocycles. The predicted octanol–water partition coefficient (Wildman–Crippen LogP) is 5.58. The Labute approximate surface area is 198 Å². The number of rotatable bonds is 7. The molecule has 2 unspecified atom stereocenters. The number of benzene rings is 3. The molecule has 1 saturated carbocycles. The number of hydrogen-bond donors (Lipinski definition) is 2. The number of aromatic nitrogens is 1. The molecular formula is C29H26N2O3. The molecule has 5 heteroatoms. The number of hydrogen-bond acceptors (Lipinski definition) is 3. The fraction of sp³-hybridized carbons (Fsp3) is 0.207. The number of nitrogens with zero attached hydrogens (tertiary/aromatic N) is 1. The van der Waals surface area contributed by atoms with E-state index in [1.165, 1.54) is 5.56 Å². The van der Waals surface area contributed by atoms with Crippen LogP contribution in [0.5, 0.6) is 0 Å². The average Bonchev–Trinajstić information content (AvgIpc) is 3.68. The summed E-state index contributed by atoms with van der Waals surface area (Å²) in [6.07, 6.45) is 5.06. The van der Waals surface area contributed by atoms with Crippen molar-refractivity contribution in [2.45, 2.75) is 32.2 Å². The molecule has 5 nitrogen and oxygen atoms in total. The van der Waals surface area contributed by atoms with E-state index in [1.54, 1.807) is 18.3 Å². The zero-order valence-electron chi connectivity index (χ0n) is 19.0. The lowest BCUT2D eigenvalue weighted by molar-refractivity contribution is -0.122. The van der Waals surface area contributed by atoms with E-state index in [0.717, 1.165) is 39.4 Å². The van der Waals surface area contributed by atoms with E-state index in [-0.39, 0.29) is 11.8 Å². The Kier molecular flexibility index (Phi) is 5.84. The normalized spacial score (nSPS) is 16.9. The van der Waals surface area contributed by atoms with Crippen LogP contribution < -0.4 is 5.32 Å². The summed E-state index contributed by atoms with van der Waals surface area (Å²) in [4.78, 5) is 28.9. The van der Waals surface area contributed by atoms with Crippen molar-refractivity contribution in [2.75, 3.05) is 0 Å². The molecule has 34 heavy (non-hydrogen) atoms. The first-order chi connectivity index (χ1) is 16.6. The van der Waals surface area contributed by atoms with E-state index in [9.17, 15) is 14.7 Å². The van der Waals surface area contributed by atoms with Crippen LogP contribution in [-0.4, -0.2) is 22.0 Å². The van der Waals surface area contributed by atoms with Gasteiger partial charge in [-0.25, -0.2) is 4.79 Å². The molecule has 5 rings (SSSR count). The molecule has 2 N–H and O–H groups in total. The third-order valence-corrected chi connectivity index (χ3v) is 6.77. The van der Waals surface area contributed by atoms with Crippen LogP contribution in [0, 0.1) is 5.92 Å². The number of nitrogens with one attached hydrogen (secondary N) is 1. The zero-order chi connectivity index (χ0) is 23.7. The third kappa shape index (κ3) is 4.05. The molecule has 1 fully saturated rings. The summed E-state index contributed by atoms with van der Waals surface area (Å²) in [6.45, 7) is 2.40. The maximum atomic E-state index is 12.8. The van der Waals surface area contributed by atoms with Crippen molar-refractivity contribution >= 4 is 22.6 Å². The highest BCUT2D eigenvalue weighted by atomic mass is 16.4. The van der Waals surface area contributed by atoms with Crippen LogP contribution in [0.3, 0.4) is 0 Å². The van der Waals surface area contributed by atoms with Gasteiger partial charge in [0.2, 0.25) is 5.91 Å². The van der Waals surface area contributed by atoms with Gasteiger partial charge in [0.15, 0.2) is 0 Å². The molecule has 0 aliphatic heterocycles. The van der Waals surface area contributed by atoms with E-state index in [0.29, 0.717) is 24.4 Å². The highest BCUT2D eigenvalue weighted by Crippen LogP contribution is 2.47. The van der Waals surface area contributed by atoms with Crippen LogP contribution >= 0.6 is 0 Å². The Morgan fingerprint density at radius 1 is 0.971 bits per heavy atom. The lowest BCUT2D eigenvalue weighted by atomic mass is 9.90. The van der Waals surface area contributed by atoms with Gasteiger partial charge < -0.3 is 10.4 Å². The minimum Gasteiger partial charge on any atom is -0.478 e. The quantitative estimate of drug-likeness (QED) is 0.385. The van der Waals surface area contributed by atoms with Gasteiger partial charge in [0.05, 0.1) is 5.56 Å². The summed E-state index contributed by atoms with van der Waals surface area (Å²) in [5, 5.41) is 14.7. The predicted molar refractivity (Wildman–Crippen MR) is 133 cm³/mol. The number of fused-ring (bicyclic) bond motifs is 1. The maximum absolute atomic E-state index is 12.8. The highest BCUT2D eigenvalue weighted by Gasteiger charge is 2.43. The van der Waals surface area contributed by atoms with E-state index in [2.05, 4.69) is 22.4 Å². The number of carbonyl (C=O) groups excluding carboxylic acids is 1. The van der Waals surface area contributed by atoms with Crippen molar-refractivity contribution < 1.29 is 14.7 Å². The molecule has 1 aromatic heterocycles. The third-order valence-electron chi connectivity index (χ3n) is 6.77. The van der Waals surface area contributed by atoms with Crippen LogP contribution in [0.4, 0.5) is 0 Å². The molecule has 1 heterocycles.